The molecule has 2 aromatic heterocycles. The van der Waals surface area contributed by atoms with Gasteiger partial charge in [-0.25, -0.2) is 0 Å². The summed E-state index contributed by atoms with van der Waals surface area (Å²) in [6.07, 6.45) is 6.45. The molecule has 4 saturated heterocycles. The number of nitriles is 2. The van der Waals surface area contributed by atoms with Crippen molar-refractivity contribution >= 4 is 28.0 Å². The first-order chi connectivity index (χ1) is 18.9. The smallest absolute Gasteiger partial charge is 0.320 e. The Morgan fingerprint density at radius 3 is 2.41 bits per heavy atom. The highest BCUT2D eigenvalue weighted by molar-refractivity contribution is 7.16. The third-order valence-corrected chi connectivity index (χ3v) is 10.7. The quantitative estimate of drug-likeness (QED) is 0.577. The van der Waals surface area contributed by atoms with Crippen LogP contribution in [0.15, 0.2) is 0 Å². The number of rotatable bonds is 5. The number of hydrogen-bond donors (Lipinski definition) is 2. The van der Waals surface area contributed by atoms with E-state index in [0.717, 1.165) is 57.3 Å². The maximum absolute atomic E-state index is 10.4. The SMILES string of the molecule is C[C@H](Oc1nc(N2C[C@H]3CC[C@@H](C2)N3)c(C#N)c(N2CC3(CCc4sc(N)c(C#N)c43)C2)n1)[C@@H]1CCCN1C. The molecule has 1 spiro atoms. The zero-order valence-electron chi connectivity index (χ0n) is 22.6. The Hall–Kier alpha value is -3.12. The van der Waals surface area contributed by atoms with Crippen molar-refractivity contribution in [2.45, 2.75) is 75.1 Å². The van der Waals surface area contributed by atoms with E-state index in [4.69, 9.17) is 20.4 Å². The summed E-state index contributed by atoms with van der Waals surface area (Å²) in [7, 11) is 2.15. The predicted octanol–water partition coefficient (Wildman–Crippen LogP) is 2.37. The number of anilines is 3. The number of aromatic nitrogens is 2. The summed E-state index contributed by atoms with van der Waals surface area (Å²) < 4.78 is 6.44. The summed E-state index contributed by atoms with van der Waals surface area (Å²) in [5.41, 5.74) is 8.38. The Morgan fingerprint density at radius 1 is 1.08 bits per heavy atom. The Bertz CT molecular complexity index is 1370. The molecule has 6 heterocycles. The van der Waals surface area contributed by atoms with Gasteiger partial charge in [-0.15, -0.1) is 11.3 Å². The molecule has 2 aromatic rings. The van der Waals surface area contributed by atoms with Gasteiger partial charge >= 0.3 is 6.01 Å². The van der Waals surface area contributed by atoms with Gasteiger partial charge in [0.25, 0.3) is 0 Å². The van der Waals surface area contributed by atoms with E-state index in [9.17, 15) is 10.5 Å². The average Bonchev–Trinajstić information content (AvgIpc) is 3.65. The van der Waals surface area contributed by atoms with Crippen LogP contribution in [0.2, 0.25) is 0 Å². The topological polar surface area (TPSA) is 130 Å². The van der Waals surface area contributed by atoms with Crippen LogP contribution in [-0.2, 0) is 11.8 Å². The largest absolute Gasteiger partial charge is 0.459 e. The molecule has 2 bridgehead atoms. The van der Waals surface area contributed by atoms with Crippen LogP contribution in [0.25, 0.3) is 0 Å². The predicted molar refractivity (Wildman–Crippen MR) is 150 cm³/mol. The van der Waals surface area contributed by atoms with Crippen molar-refractivity contribution < 1.29 is 4.74 Å². The lowest BCUT2D eigenvalue weighted by Gasteiger charge is -2.49. The van der Waals surface area contributed by atoms with Crippen molar-refractivity contribution in [3.63, 3.8) is 0 Å². The number of likely N-dealkylation sites (N-methyl/N-ethyl adjacent to an activating group) is 1. The maximum atomic E-state index is 10.4. The van der Waals surface area contributed by atoms with Crippen LogP contribution < -0.4 is 25.6 Å². The van der Waals surface area contributed by atoms with Gasteiger partial charge in [-0.1, -0.05) is 0 Å². The second kappa shape index (κ2) is 9.22. The van der Waals surface area contributed by atoms with Gasteiger partial charge in [-0.2, -0.15) is 20.5 Å². The van der Waals surface area contributed by atoms with Crippen LogP contribution in [0, 0.1) is 22.7 Å². The summed E-state index contributed by atoms with van der Waals surface area (Å²) in [6, 6.07) is 6.33. The Morgan fingerprint density at radius 2 is 1.77 bits per heavy atom. The van der Waals surface area contributed by atoms with Crippen LogP contribution in [0.5, 0.6) is 6.01 Å². The third kappa shape index (κ3) is 3.94. The molecule has 0 radical (unpaired) electrons. The van der Waals surface area contributed by atoms with Crippen molar-refractivity contribution in [1.29, 1.82) is 10.5 Å². The molecular weight excluding hydrogens is 510 g/mol. The van der Waals surface area contributed by atoms with Gasteiger partial charge in [0.2, 0.25) is 0 Å². The molecule has 39 heavy (non-hydrogen) atoms. The third-order valence-electron chi connectivity index (χ3n) is 9.66. The fraction of sp³-hybridized carbons (Fsp3) is 0.643. The highest BCUT2D eigenvalue weighted by Gasteiger charge is 2.52. The number of ether oxygens (including phenoxy) is 1. The summed E-state index contributed by atoms with van der Waals surface area (Å²) in [5, 5.41) is 24.5. The van der Waals surface area contributed by atoms with Crippen LogP contribution in [0.1, 0.15) is 60.6 Å². The van der Waals surface area contributed by atoms with Gasteiger partial charge in [-0.05, 0) is 64.6 Å². The molecule has 0 saturated carbocycles. The van der Waals surface area contributed by atoms with Crippen molar-refractivity contribution in [3.05, 3.63) is 21.6 Å². The summed E-state index contributed by atoms with van der Waals surface area (Å²) in [4.78, 5) is 17.8. The zero-order valence-corrected chi connectivity index (χ0v) is 23.4. The van der Waals surface area contributed by atoms with Crippen molar-refractivity contribution in [2.24, 2.45) is 0 Å². The number of fused-ring (bicyclic) bond motifs is 4. The van der Waals surface area contributed by atoms with E-state index in [-0.39, 0.29) is 11.5 Å². The number of hydrogen-bond acceptors (Lipinski definition) is 11. The Balaban J connectivity index is 1.23. The van der Waals surface area contributed by atoms with E-state index in [1.165, 1.54) is 11.3 Å². The molecule has 4 atom stereocenters. The summed E-state index contributed by atoms with van der Waals surface area (Å²) in [5.74, 6) is 1.34. The van der Waals surface area contributed by atoms with Gasteiger partial charge in [-0.3, -0.25) is 4.90 Å². The highest BCUT2D eigenvalue weighted by Crippen LogP contribution is 2.53. The molecule has 0 amide bonds. The summed E-state index contributed by atoms with van der Waals surface area (Å²) in [6.45, 7) is 6.25. The van der Waals surface area contributed by atoms with Crippen LogP contribution in [0.4, 0.5) is 16.6 Å². The number of nitrogens with one attached hydrogen (secondary N) is 1. The maximum Gasteiger partial charge on any atom is 0.320 e. The normalized spacial score (nSPS) is 27.7. The number of aryl methyl sites for hydroxylation is 1. The monoisotopic (exact) mass is 545 g/mol. The molecule has 4 fully saturated rings. The van der Waals surface area contributed by atoms with E-state index in [0.29, 0.717) is 65.0 Å². The minimum atomic E-state index is -0.110. The number of nitrogen functional groups attached to an aromatic ring is 1. The molecule has 204 valence electrons. The molecule has 0 aromatic carbocycles. The first-order valence-corrected chi connectivity index (χ1v) is 15.0. The van der Waals surface area contributed by atoms with Crippen molar-refractivity contribution in [2.75, 3.05) is 55.3 Å². The number of thiophene rings is 1. The zero-order chi connectivity index (χ0) is 26.9. The Labute approximate surface area is 233 Å². The molecule has 0 unspecified atom stereocenters. The standard InChI is InChI=1S/C28H35N9OS/c1-16(21-4-3-9-35(21)2)38-27-33-25(36-12-17-5-6-18(13-36)32-17)20(11-30)26(34-27)37-14-28(15-37)8-7-22-23(28)19(10-29)24(31)39-22/h16-18,21,32H,3-9,12-15,31H2,1-2H3/t16-,17-,18+,21-/m0/s1. The van der Waals surface area contributed by atoms with Crippen LogP contribution >= 0.6 is 11.3 Å². The van der Waals surface area contributed by atoms with Crippen molar-refractivity contribution in [1.82, 2.24) is 20.2 Å². The fourth-order valence-electron chi connectivity index (χ4n) is 7.75. The van der Waals surface area contributed by atoms with E-state index in [2.05, 4.69) is 46.1 Å². The van der Waals surface area contributed by atoms with E-state index < -0.39 is 0 Å². The van der Waals surface area contributed by atoms with Crippen LogP contribution in [-0.4, -0.2) is 78.9 Å². The van der Waals surface area contributed by atoms with E-state index in [1.54, 1.807) is 11.3 Å². The lowest BCUT2D eigenvalue weighted by atomic mass is 9.74. The second-order valence-corrected chi connectivity index (χ2v) is 13.2. The number of nitrogens with two attached hydrogens (primary N) is 1. The second-order valence-electron chi connectivity index (χ2n) is 12.1. The molecule has 11 heteroatoms. The fourth-order valence-corrected chi connectivity index (χ4v) is 8.89. The molecule has 1 aliphatic carbocycles. The van der Waals surface area contributed by atoms with Crippen LogP contribution in [0.3, 0.4) is 0 Å². The van der Waals surface area contributed by atoms with Gasteiger partial charge in [0.1, 0.15) is 28.8 Å². The molecule has 10 nitrogen and oxygen atoms in total. The number of piperazine rings is 1. The average molecular weight is 546 g/mol. The molecule has 5 aliphatic rings. The van der Waals surface area contributed by atoms with Crippen molar-refractivity contribution in [3.8, 4) is 18.1 Å². The molecule has 4 aliphatic heterocycles. The summed E-state index contributed by atoms with van der Waals surface area (Å²) >= 11 is 1.56. The lowest BCUT2D eigenvalue weighted by Crippen LogP contribution is -2.59. The molecular formula is C28H35N9OS. The first-order valence-electron chi connectivity index (χ1n) is 14.2. The molecule has 3 N–H and O–H groups in total. The van der Waals surface area contributed by atoms with Gasteiger partial charge in [0.15, 0.2) is 11.6 Å². The lowest BCUT2D eigenvalue weighted by molar-refractivity contribution is 0.112. The molecule has 7 rings (SSSR count). The Kier molecular flexibility index (Phi) is 5.89. The minimum Gasteiger partial charge on any atom is -0.459 e. The van der Waals surface area contributed by atoms with Gasteiger partial charge in [0, 0.05) is 54.6 Å². The van der Waals surface area contributed by atoms with Gasteiger partial charge in [0.05, 0.1) is 5.56 Å². The first kappa shape index (κ1) is 24.9. The van der Waals surface area contributed by atoms with Gasteiger partial charge < -0.3 is 25.6 Å². The number of likely N-dealkylation sites (tertiary alicyclic amines) is 1. The highest BCUT2D eigenvalue weighted by atomic mass is 32.1. The minimum absolute atomic E-state index is 0.0579. The van der Waals surface area contributed by atoms with E-state index in [1.807, 2.05) is 0 Å². The number of nitrogens with zero attached hydrogens (tertiary/aromatic N) is 7. The van der Waals surface area contributed by atoms with E-state index >= 15 is 0 Å².